The SMILES string of the molecule is O=C(COc1ccc(O)cc1)N1CCN(c2ccc3c(c2)OCO3)CC1. The molecule has 136 valence electrons. The van der Waals surface area contributed by atoms with Crippen molar-refractivity contribution in [2.45, 2.75) is 0 Å². The molecule has 2 aromatic carbocycles. The molecule has 1 saturated heterocycles. The van der Waals surface area contributed by atoms with Crippen LogP contribution in [-0.4, -0.2) is 55.5 Å². The van der Waals surface area contributed by atoms with E-state index in [9.17, 15) is 9.90 Å². The van der Waals surface area contributed by atoms with Gasteiger partial charge in [-0.3, -0.25) is 4.79 Å². The molecule has 0 saturated carbocycles. The van der Waals surface area contributed by atoms with Gasteiger partial charge in [-0.05, 0) is 36.4 Å². The number of carbonyl (C=O) groups is 1. The Bertz CT molecular complexity index is 785. The highest BCUT2D eigenvalue weighted by Gasteiger charge is 2.23. The average Bonchev–Trinajstić information content (AvgIpc) is 3.15. The van der Waals surface area contributed by atoms with Crippen molar-refractivity contribution in [2.24, 2.45) is 0 Å². The number of fused-ring (bicyclic) bond motifs is 1. The maximum absolute atomic E-state index is 12.3. The molecule has 2 heterocycles. The summed E-state index contributed by atoms with van der Waals surface area (Å²) >= 11 is 0. The molecule has 2 aliphatic rings. The van der Waals surface area contributed by atoms with Crippen LogP contribution in [-0.2, 0) is 4.79 Å². The van der Waals surface area contributed by atoms with Gasteiger partial charge in [0.05, 0.1) is 0 Å². The summed E-state index contributed by atoms with van der Waals surface area (Å²) in [6, 6.07) is 12.3. The molecule has 7 heteroatoms. The van der Waals surface area contributed by atoms with E-state index in [1.54, 1.807) is 12.1 Å². The summed E-state index contributed by atoms with van der Waals surface area (Å²) in [7, 11) is 0. The lowest BCUT2D eigenvalue weighted by Gasteiger charge is -2.36. The van der Waals surface area contributed by atoms with Crippen molar-refractivity contribution in [3.05, 3.63) is 42.5 Å². The Morgan fingerprint density at radius 2 is 1.73 bits per heavy atom. The number of nitrogens with zero attached hydrogens (tertiary/aromatic N) is 2. The molecule has 4 rings (SSSR count). The summed E-state index contributed by atoms with van der Waals surface area (Å²) in [5.74, 6) is 2.24. The Hall–Kier alpha value is -3.09. The first-order valence-electron chi connectivity index (χ1n) is 8.53. The van der Waals surface area contributed by atoms with E-state index in [2.05, 4.69) is 4.90 Å². The van der Waals surface area contributed by atoms with E-state index < -0.39 is 0 Å². The van der Waals surface area contributed by atoms with Crippen molar-refractivity contribution in [3.63, 3.8) is 0 Å². The molecule has 0 unspecified atom stereocenters. The lowest BCUT2D eigenvalue weighted by molar-refractivity contribution is -0.133. The standard InChI is InChI=1S/C19H20N2O5/c22-15-2-4-16(5-3-15)24-12-19(23)21-9-7-20(8-10-21)14-1-6-17-18(11-14)26-13-25-17/h1-6,11,22H,7-10,12-13H2. The lowest BCUT2D eigenvalue weighted by atomic mass is 10.2. The van der Waals surface area contributed by atoms with E-state index >= 15 is 0 Å². The highest BCUT2D eigenvalue weighted by Crippen LogP contribution is 2.35. The number of ether oxygens (including phenoxy) is 3. The number of amides is 1. The van der Waals surface area contributed by atoms with Gasteiger partial charge < -0.3 is 29.1 Å². The molecule has 2 aliphatic heterocycles. The third-order valence-electron chi connectivity index (χ3n) is 4.55. The second kappa shape index (κ2) is 7.03. The minimum absolute atomic E-state index is 0.00516. The van der Waals surface area contributed by atoms with Gasteiger partial charge in [-0.1, -0.05) is 0 Å². The molecule has 0 aliphatic carbocycles. The quantitative estimate of drug-likeness (QED) is 0.902. The molecule has 0 aromatic heterocycles. The van der Waals surface area contributed by atoms with E-state index in [0.29, 0.717) is 18.8 Å². The maximum Gasteiger partial charge on any atom is 0.260 e. The summed E-state index contributed by atoms with van der Waals surface area (Å²) < 4.78 is 16.3. The van der Waals surface area contributed by atoms with E-state index in [4.69, 9.17) is 14.2 Å². The number of rotatable bonds is 4. The highest BCUT2D eigenvalue weighted by atomic mass is 16.7. The highest BCUT2D eigenvalue weighted by molar-refractivity contribution is 5.78. The minimum Gasteiger partial charge on any atom is -0.508 e. The fourth-order valence-corrected chi connectivity index (χ4v) is 3.07. The number of phenols is 1. The predicted octanol–water partition coefficient (Wildman–Crippen LogP) is 1.85. The second-order valence-electron chi connectivity index (χ2n) is 6.19. The maximum atomic E-state index is 12.3. The Kier molecular flexibility index (Phi) is 4.43. The molecule has 1 fully saturated rings. The molecule has 1 N–H and O–H groups in total. The van der Waals surface area contributed by atoms with Crippen LogP contribution < -0.4 is 19.1 Å². The van der Waals surface area contributed by atoms with Crippen LogP contribution in [0, 0.1) is 0 Å². The van der Waals surface area contributed by atoms with Crippen LogP contribution >= 0.6 is 0 Å². The number of anilines is 1. The second-order valence-corrected chi connectivity index (χ2v) is 6.19. The van der Waals surface area contributed by atoms with E-state index in [1.807, 2.05) is 23.1 Å². The third kappa shape index (κ3) is 3.46. The number of piperazine rings is 1. The smallest absolute Gasteiger partial charge is 0.260 e. The first-order valence-corrected chi connectivity index (χ1v) is 8.53. The van der Waals surface area contributed by atoms with E-state index in [1.165, 1.54) is 12.1 Å². The van der Waals surface area contributed by atoms with Crippen molar-refractivity contribution in [1.82, 2.24) is 4.90 Å². The van der Waals surface area contributed by atoms with Crippen molar-refractivity contribution >= 4 is 11.6 Å². The fourth-order valence-electron chi connectivity index (χ4n) is 3.07. The number of aromatic hydroxyl groups is 1. The van der Waals surface area contributed by atoms with Gasteiger partial charge in [-0.15, -0.1) is 0 Å². The van der Waals surface area contributed by atoms with Crippen LogP contribution in [0.4, 0.5) is 5.69 Å². The largest absolute Gasteiger partial charge is 0.508 e. The molecular formula is C19H20N2O5. The normalized spacial score (nSPS) is 15.8. The molecule has 0 bridgehead atoms. The van der Waals surface area contributed by atoms with Gasteiger partial charge in [0.25, 0.3) is 5.91 Å². The van der Waals surface area contributed by atoms with Crippen molar-refractivity contribution in [3.8, 4) is 23.0 Å². The Morgan fingerprint density at radius 1 is 1.00 bits per heavy atom. The van der Waals surface area contributed by atoms with Crippen LogP contribution in [0.2, 0.25) is 0 Å². The Morgan fingerprint density at radius 3 is 2.50 bits per heavy atom. The Labute approximate surface area is 151 Å². The zero-order chi connectivity index (χ0) is 17.9. The molecule has 0 radical (unpaired) electrons. The molecule has 2 aromatic rings. The van der Waals surface area contributed by atoms with Crippen molar-refractivity contribution < 1.29 is 24.1 Å². The number of benzene rings is 2. The predicted molar refractivity (Wildman–Crippen MR) is 95.0 cm³/mol. The van der Waals surface area contributed by atoms with Gasteiger partial charge in [0.1, 0.15) is 11.5 Å². The molecular weight excluding hydrogens is 336 g/mol. The van der Waals surface area contributed by atoms with Gasteiger partial charge in [-0.25, -0.2) is 0 Å². The third-order valence-corrected chi connectivity index (χ3v) is 4.55. The van der Waals surface area contributed by atoms with Crippen LogP contribution in [0.3, 0.4) is 0 Å². The van der Waals surface area contributed by atoms with Crippen molar-refractivity contribution in [1.29, 1.82) is 0 Å². The van der Waals surface area contributed by atoms with Crippen molar-refractivity contribution in [2.75, 3.05) is 44.5 Å². The number of hydrogen-bond donors (Lipinski definition) is 1. The van der Waals surface area contributed by atoms with E-state index in [-0.39, 0.29) is 25.1 Å². The molecule has 1 amide bonds. The van der Waals surface area contributed by atoms with Gasteiger partial charge in [-0.2, -0.15) is 0 Å². The molecule has 7 nitrogen and oxygen atoms in total. The monoisotopic (exact) mass is 356 g/mol. The van der Waals surface area contributed by atoms with Gasteiger partial charge in [0.15, 0.2) is 18.1 Å². The first kappa shape index (κ1) is 16.4. The van der Waals surface area contributed by atoms with Crippen LogP contribution in [0.15, 0.2) is 42.5 Å². The fraction of sp³-hybridized carbons (Fsp3) is 0.316. The van der Waals surface area contributed by atoms with Crippen LogP contribution in [0.25, 0.3) is 0 Å². The first-order chi connectivity index (χ1) is 12.7. The molecule has 0 spiro atoms. The van der Waals surface area contributed by atoms with E-state index in [0.717, 1.165) is 30.3 Å². The minimum atomic E-state index is -0.0385. The number of hydrogen-bond acceptors (Lipinski definition) is 6. The number of phenolic OH excluding ortho intramolecular Hbond substituents is 1. The summed E-state index contributed by atoms with van der Waals surface area (Å²) in [5.41, 5.74) is 1.07. The van der Waals surface area contributed by atoms with Gasteiger partial charge >= 0.3 is 0 Å². The van der Waals surface area contributed by atoms with Gasteiger partial charge in [0, 0.05) is 37.9 Å². The summed E-state index contributed by atoms with van der Waals surface area (Å²) in [4.78, 5) is 16.4. The zero-order valence-corrected chi connectivity index (χ0v) is 14.3. The summed E-state index contributed by atoms with van der Waals surface area (Å²) in [6.45, 7) is 3.06. The Balaban J connectivity index is 1.29. The summed E-state index contributed by atoms with van der Waals surface area (Å²) in [6.07, 6.45) is 0. The summed E-state index contributed by atoms with van der Waals surface area (Å²) in [5, 5.41) is 9.26. The molecule has 0 atom stereocenters. The lowest BCUT2D eigenvalue weighted by Crippen LogP contribution is -2.50. The topological polar surface area (TPSA) is 71.5 Å². The molecule has 26 heavy (non-hydrogen) atoms. The zero-order valence-electron chi connectivity index (χ0n) is 14.3. The van der Waals surface area contributed by atoms with Crippen LogP contribution in [0.5, 0.6) is 23.0 Å². The van der Waals surface area contributed by atoms with Crippen LogP contribution in [0.1, 0.15) is 0 Å². The van der Waals surface area contributed by atoms with Gasteiger partial charge in [0.2, 0.25) is 6.79 Å². The average molecular weight is 356 g/mol. The number of carbonyl (C=O) groups excluding carboxylic acids is 1.